The highest BCUT2D eigenvalue weighted by Gasteiger charge is 2.20. The number of benzene rings is 1. The van der Waals surface area contributed by atoms with Gasteiger partial charge in [-0.15, -0.1) is 11.3 Å². The summed E-state index contributed by atoms with van der Waals surface area (Å²) in [5.41, 5.74) is 1.65. The Morgan fingerprint density at radius 3 is 2.65 bits per heavy atom. The molecule has 1 aliphatic heterocycles. The molecule has 3 amide bonds. The number of amides is 3. The fourth-order valence-electron chi connectivity index (χ4n) is 2.52. The van der Waals surface area contributed by atoms with E-state index in [1.165, 1.54) is 11.3 Å². The molecular weight excluding hydrogens is 376 g/mol. The molecule has 0 bridgehead atoms. The molecule has 1 atom stereocenters. The second kappa shape index (κ2) is 8.39. The van der Waals surface area contributed by atoms with Crippen LogP contribution >= 0.6 is 22.9 Å². The van der Waals surface area contributed by atoms with Gasteiger partial charge in [0.15, 0.2) is 0 Å². The molecule has 0 aliphatic carbocycles. The number of nitrogens with one attached hydrogen (secondary N) is 3. The third-order valence-corrected chi connectivity index (χ3v) is 5.10. The van der Waals surface area contributed by atoms with Crippen molar-refractivity contribution in [2.75, 3.05) is 36.4 Å². The van der Waals surface area contributed by atoms with Crippen LogP contribution in [0.15, 0.2) is 36.4 Å². The number of rotatable bonds is 7. The van der Waals surface area contributed by atoms with Crippen LogP contribution in [0.2, 0.25) is 4.34 Å². The first-order valence-corrected chi connectivity index (χ1v) is 9.33. The zero-order chi connectivity index (χ0) is 18.5. The Balaban J connectivity index is 1.43. The van der Waals surface area contributed by atoms with Crippen molar-refractivity contribution in [1.29, 1.82) is 0 Å². The second-order valence-corrected chi connectivity index (χ2v) is 7.49. The highest BCUT2D eigenvalue weighted by molar-refractivity contribution is 7.17. The predicted octanol–water partition coefficient (Wildman–Crippen LogP) is 2.13. The first kappa shape index (κ1) is 18.5. The van der Waals surface area contributed by atoms with E-state index >= 15 is 0 Å². The van der Waals surface area contributed by atoms with Crippen LogP contribution in [0, 0.1) is 0 Å². The van der Waals surface area contributed by atoms with Crippen LogP contribution in [0.1, 0.15) is 9.67 Å². The number of carbonyl (C=O) groups is 2. The number of hydrogen-bond acceptors (Lipinski definition) is 5. The number of aliphatic hydroxyl groups is 1. The molecule has 1 saturated heterocycles. The summed E-state index contributed by atoms with van der Waals surface area (Å²) < 4.78 is 0.548. The van der Waals surface area contributed by atoms with Crippen LogP contribution in [0.3, 0.4) is 0 Å². The van der Waals surface area contributed by atoms with Crippen LogP contribution < -0.4 is 20.9 Å². The zero-order valence-electron chi connectivity index (χ0n) is 13.9. The minimum Gasteiger partial charge on any atom is -0.389 e. The molecule has 26 heavy (non-hydrogen) atoms. The van der Waals surface area contributed by atoms with Crippen molar-refractivity contribution < 1.29 is 14.7 Å². The van der Waals surface area contributed by atoms with Gasteiger partial charge in [-0.1, -0.05) is 11.6 Å². The van der Waals surface area contributed by atoms with E-state index in [1.807, 2.05) is 24.3 Å². The quantitative estimate of drug-likeness (QED) is 0.578. The maximum atomic E-state index is 11.9. The van der Waals surface area contributed by atoms with E-state index in [-0.39, 0.29) is 25.0 Å². The minimum atomic E-state index is -0.738. The summed E-state index contributed by atoms with van der Waals surface area (Å²) in [6, 6.07) is 10.6. The summed E-state index contributed by atoms with van der Waals surface area (Å²) in [5.74, 6) is -0.255. The molecule has 1 aromatic carbocycles. The summed E-state index contributed by atoms with van der Waals surface area (Å²) in [6.07, 6.45) is -0.738. The lowest BCUT2D eigenvalue weighted by Crippen LogP contribution is -2.35. The largest absolute Gasteiger partial charge is 0.389 e. The molecular formula is C17H19ClN4O3S. The van der Waals surface area contributed by atoms with Gasteiger partial charge in [0.1, 0.15) is 0 Å². The molecule has 3 rings (SSSR count). The lowest BCUT2D eigenvalue weighted by atomic mass is 10.2. The summed E-state index contributed by atoms with van der Waals surface area (Å²) >= 11 is 6.99. The molecule has 4 N–H and O–H groups in total. The van der Waals surface area contributed by atoms with Crippen LogP contribution in [0.5, 0.6) is 0 Å². The highest BCUT2D eigenvalue weighted by atomic mass is 35.5. The number of halogens is 1. The molecule has 0 spiro atoms. The summed E-state index contributed by atoms with van der Waals surface area (Å²) in [6.45, 7) is 1.72. The Hall–Kier alpha value is -2.29. The Morgan fingerprint density at radius 1 is 1.27 bits per heavy atom. The van der Waals surface area contributed by atoms with Gasteiger partial charge < -0.3 is 21.1 Å². The fraction of sp³-hybridized carbons (Fsp3) is 0.294. The van der Waals surface area contributed by atoms with Crippen molar-refractivity contribution in [2.45, 2.75) is 6.10 Å². The maximum absolute atomic E-state index is 11.9. The SMILES string of the molecule is O=C(NCC(O)CNc1ccc(N2CCNC2=O)cc1)c1ccc(Cl)s1. The zero-order valence-corrected chi connectivity index (χ0v) is 15.4. The van der Waals surface area contributed by atoms with Crippen LogP contribution in [-0.2, 0) is 0 Å². The normalized spacial score (nSPS) is 14.8. The molecule has 0 saturated carbocycles. The molecule has 9 heteroatoms. The Morgan fingerprint density at radius 2 is 2.04 bits per heavy atom. The van der Waals surface area contributed by atoms with Gasteiger partial charge in [-0.05, 0) is 36.4 Å². The number of urea groups is 1. The van der Waals surface area contributed by atoms with Gasteiger partial charge in [0.2, 0.25) is 0 Å². The molecule has 1 unspecified atom stereocenters. The number of nitrogens with zero attached hydrogens (tertiary/aromatic N) is 1. The highest BCUT2D eigenvalue weighted by Crippen LogP contribution is 2.21. The van der Waals surface area contributed by atoms with Gasteiger partial charge in [0.25, 0.3) is 5.91 Å². The third kappa shape index (κ3) is 4.66. The number of aliphatic hydroxyl groups excluding tert-OH is 1. The Bertz CT molecular complexity index is 781. The monoisotopic (exact) mass is 394 g/mol. The van der Waals surface area contributed by atoms with Gasteiger partial charge >= 0.3 is 6.03 Å². The van der Waals surface area contributed by atoms with Crippen LogP contribution in [-0.4, -0.2) is 49.3 Å². The lowest BCUT2D eigenvalue weighted by molar-refractivity contribution is 0.0926. The van der Waals surface area contributed by atoms with E-state index in [4.69, 9.17) is 11.6 Å². The first-order valence-electron chi connectivity index (χ1n) is 8.14. The van der Waals surface area contributed by atoms with Gasteiger partial charge in [-0.2, -0.15) is 0 Å². The summed E-state index contributed by atoms with van der Waals surface area (Å²) in [4.78, 5) is 25.7. The summed E-state index contributed by atoms with van der Waals surface area (Å²) in [7, 11) is 0. The topological polar surface area (TPSA) is 93.7 Å². The predicted molar refractivity (Wildman–Crippen MR) is 103 cm³/mol. The number of hydrogen-bond donors (Lipinski definition) is 4. The van der Waals surface area contributed by atoms with Crippen molar-refractivity contribution in [2.24, 2.45) is 0 Å². The van der Waals surface area contributed by atoms with E-state index in [0.29, 0.717) is 22.3 Å². The molecule has 1 aliphatic rings. The smallest absolute Gasteiger partial charge is 0.321 e. The average Bonchev–Trinajstić information content (AvgIpc) is 3.26. The molecule has 138 valence electrons. The van der Waals surface area contributed by atoms with E-state index in [2.05, 4.69) is 16.0 Å². The molecule has 1 fully saturated rings. The Labute approximate surface area is 160 Å². The number of thiophene rings is 1. The summed E-state index contributed by atoms with van der Waals surface area (Å²) in [5, 5.41) is 18.5. The number of anilines is 2. The standard InChI is InChI=1S/C17H19ClN4O3S/c18-15-6-5-14(26-15)16(24)21-10-13(23)9-20-11-1-3-12(4-2-11)22-8-7-19-17(22)25/h1-6,13,20,23H,7-10H2,(H,19,25)(H,21,24). The van der Waals surface area contributed by atoms with E-state index < -0.39 is 6.10 Å². The lowest BCUT2D eigenvalue weighted by Gasteiger charge is -2.16. The van der Waals surface area contributed by atoms with Gasteiger partial charge in [-0.25, -0.2) is 4.79 Å². The van der Waals surface area contributed by atoms with Gasteiger partial charge in [0.05, 0.1) is 15.3 Å². The molecule has 0 radical (unpaired) electrons. The van der Waals surface area contributed by atoms with Crippen LogP contribution in [0.4, 0.5) is 16.2 Å². The minimum absolute atomic E-state index is 0.0936. The fourth-order valence-corrected chi connectivity index (χ4v) is 3.48. The second-order valence-electron chi connectivity index (χ2n) is 5.78. The van der Waals surface area contributed by atoms with Gasteiger partial charge in [-0.3, -0.25) is 9.69 Å². The van der Waals surface area contributed by atoms with Crippen molar-refractivity contribution >= 4 is 46.3 Å². The van der Waals surface area contributed by atoms with Crippen molar-refractivity contribution in [1.82, 2.24) is 10.6 Å². The Kier molecular flexibility index (Phi) is 5.97. The first-order chi connectivity index (χ1) is 12.5. The van der Waals surface area contributed by atoms with Crippen LogP contribution in [0.25, 0.3) is 0 Å². The van der Waals surface area contributed by atoms with Crippen molar-refractivity contribution in [3.63, 3.8) is 0 Å². The molecule has 2 heterocycles. The maximum Gasteiger partial charge on any atom is 0.321 e. The van der Waals surface area contributed by atoms with E-state index in [9.17, 15) is 14.7 Å². The third-order valence-electron chi connectivity index (χ3n) is 3.87. The van der Waals surface area contributed by atoms with Crippen molar-refractivity contribution in [3.05, 3.63) is 45.6 Å². The van der Waals surface area contributed by atoms with E-state index in [1.54, 1.807) is 17.0 Å². The molecule has 2 aromatic rings. The average molecular weight is 395 g/mol. The van der Waals surface area contributed by atoms with Gasteiger partial charge in [0, 0.05) is 37.6 Å². The number of carbonyl (C=O) groups excluding carboxylic acids is 2. The van der Waals surface area contributed by atoms with Crippen molar-refractivity contribution in [3.8, 4) is 0 Å². The molecule has 1 aromatic heterocycles. The molecule has 7 nitrogen and oxygen atoms in total. The van der Waals surface area contributed by atoms with E-state index in [0.717, 1.165) is 11.4 Å².